The fraction of sp³-hybridized carbons (Fsp3) is 0.310. The molecule has 0 aliphatic rings. The predicted octanol–water partition coefficient (Wildman–Crippen LogP) is 6.59. The number of sulfonamides is 1. The van der Waals surface area contributed by atoms with Crippen molar-refractivity contribution in [2.45, 2.75) is 57.6 Å². The maximum atomic E-state index is 14.0. The molecule has 3 rings (SSSR count). The maximum Gasteiger partial charge on any atom is 0.264 e. The fourth-order valence-corrected chi connectivity index (χ4v) is 6.06. The monoisotopic (exact) mass is 667 g/mol. The lowest BCUT2D eigenvalue weighted by molar-refractivity contribution is -0.139. The summed E-state index contributed by atoms with van der Waals surface area (Å²) in [6.07, 6.45) is 0.719. The van der Waals surface area contributed by atoms with Gasteiger partial charge in [-0.15, -0.1) is 0 Å². The van der Waals surface area contributed by atoms with Gasteiger partial charge in [-0.25, -0.2) is 8.42 Å². The average molecular weight is 669 g/mol. The molecule has 0 saturated heterocycles. The summed E-state index contributed by atoms with van der Waals surface area (Å²) in [5, 5.41) is 3.34. The van der Waals surface area contributed by atoms with E-state index in [4.69, 9.17) is 23.2 Å². The quantitative estimate of drug-likeness (QED) is 0.250. The molecule has 0 unspecified atom stereocenters. The van der Waals surface area contributed by atoms with Gasteiger partial charge in [-0.1, -0.05) is 75.9 Å². The van der Waals surface area contributed by atoms with Crippen molar-refractivity contribution in [3.05, 3.63) is 92.4 Å². The fourth-order valence-electron chi connectivity index (χ4n) is 3.88. The SMILES string of the molecule is CC[C@H](C)NC(=O)[C@H](C)N(Cc1ccc(Br)cc1)C(=O)CN(c1cc(Cl)cc(Cl)c1)S(=O)(=O)c1ccc(C)cc1. The van der Waals surface area contributed by atoms with Crippen molar-refractivity contribution < 1.29 is 18.0 Å². The highest BCUT2D eigenvalue weighted by Crippen LogP contribution is 2.30. The van der Waals surface area contributed by atoms with Crippen LogP contribution in [0.25, 0.3) is 0 Å². The molecular weight excluding hydrogens is 637 g/mol. The molecule has 3 aromatic carbocycles. The molecule has 40 heavy (non-hydrogen) atoms. The number of hydrogen-bond acceptors (Lipinski definition) is 4. The van der Waals surface area contributed by atoms with E-state index in [1.54, 1.807) is 19.1 Å². The second kappa shape index (κ2) is 13.9. The summed E-state index contributed by atoms with van der Waals surface area (Å²) in [6.45, 7) is 6.82. The van der Waals surface area contributed by atoms with Crippen molar-refractivity contribution >= 4 is 66.7 Å². The Bertz CT molecular complexity index is 1430. The van der Waals surface area contributed by atoms with E-state index in [1.807, 2.05) is 45.0 Å². The Morgan fingerprint density at radius 1 is 0.950 bits per heavy atom. The molecule has 0 aliphatic heterocycles. The van der Waals surface area contributed by atoms with Crippen LogP contribution in [0, 0.1) is 6.92 Å². The first-order chi connectivity index (χ1) is 18.8. The molecule has 7 nitrogen and oxygen atoms in total. The average Bonchev–Trinajstić information content (AvgIpc) is 2.90. The second-order valence-electron chi connectivity index (χ2n) is 9.59. The van der Waals surface area contributed by atoms with Crippen molar-refractivity contribution in [1.29, 1.82) is 0 Å². The van der Waals surface area contributed by atoms with E-state index in [0.717, 1.165) is 26.3 Å². The molecule has 0 aliphatic carbocycles. The smallest absolute Gasteiger partial charge is 0.264 e. The summed E-state index contributed by atoms with van der Waals surface area (Å²) in [5.74, 6) is -0.903. The van der Waals surface area contributed by atoms with Gasteiger partial charge in [-0.05, 0) is 75.2 Å². The molecule has 0 radical (unpaired) electrons. The van der Waals surface area contributed by atoms with Crippen molar-refractivity contribution in [1.82, 2.24) is 10.2 Å². The van der Waals surface area contributed by atoms with E-state index < -0.39 is 28.5 Å². The highest BCUT2D eigenvalue weighted by molar-refractivity contribution is 9.10. The summed E-state index contributed by atoms with van der Waals surface area (Å²) in [7, 11) is -4.22. The lowest BCUT2D eigenvalue weighted by Gasteiger charge is -2.32. The van der Waals surface area contributed by atoms with Crippen LogP contribution in [0.2, 0.25) is 10.0 Å². The molecule has 0 bridgehead atoms. The van der Waals surface area contributed by atoms with E-state index in [2.05, 4.69) is 21.2 Å². The van der Waals surface area contributed by atoms with Gasteiger partial charge in [0.05, 0.1) is 10.6 Å². The van der Waals surface area contributed by atoms with Gasteiger partial charge in [0.2, 0.25) is 11.8 Å². The van der Waals surface area contributed by atoms with Crippen molar-refractivity contribution in [2.75, 3.05) is 10.8 Å². The molecule has 2 atom stereocenters. The Labute approximate surface area is 254 Å². The van der Waals surface area contributed by atoms with Gasteiger partial charge in [0.15, 0.2) is 0 Å². The molecule has 2 amide bonds. The summed E-state index contributed by atoms with van der Waals surface area (Å²) in [6, 6.07) is 17.0. The van der Waals surface area contributed by atoms with Gasteiger partial charge in [0.25, 0.3) is 10.0 Å². The van der Waals surface area contributed by atoms with E-state index in [0.29, 0.717) is 0 Å². The molecule has 0 heterocycles. The molecule has 3 aromatic rings. The van der Waals surface area contributed by atoms with E-state index in [1.165, 1.54) is 35.2 Å². The van der Waals surface area contributed by atoms with Crippen LogP contribution in [-0.4, -0.2) is 43.8 Å². The Morgan fingerprint density at radius 2 is 1.52 bits per heavy atom. The number of benzene rings is 3. The predicted molar refractivity (Wildman–Crippen MR) is 164 cm³/mol. The molecule has 0 spiro atoms. The maximum absolute atomic E-state index is 14.0. The third-order valence-corrected chi connectivity index (χ3v) is 9.21. The number of hydrogen-bond donors (Lipinski definition) is 1. The van der Waals surface area contributed by atoms with Crippen molar-refractivity contribution in [3.63, 3.8) is 0 Å². The first-order valence-electron chi connectivity index (χ1n) is 12.7. The molecule has 1 N–H and O–H groups in total. The van der Waals surface area contributed by atoms with Crippen LogP contribution in [0.3, 0.4) is 0 Å². The molecule has 0 fully saturated rings. The van der Waals surface area contributed by atoms with E-state index in [9.17, 15) is 18.0 Å². The number of carbonyl (C=O) groups is 2. The van der Waals surface area contributed by atoms with Gasteiger partial charge in [0.1, 0.15) is 12.6 Å². The zero-order valence-corrected chi connectivity index (χ0v) is 26.6. The van der Waals surface area contributed by atoms with E-state index >= 15 is 0 Å². The van der Waals surface area contributed by atoms with Gasteiger partial charge in [0, 0.05) is 27.1 Å². The highest BCUT2D eigenvalue weighted by Gasteiger charge is 2.33. The summed E-state index contributed by atoms with van der Waals surface area (Å²) in [4.78, 5) is 28.5. The minimum atomic E-state index is -4.22. The third kappa shape index (κ3) is 8.22. The standard InChI is InChI=1S/C29H32BrCl2N3O4S/c1-5-20(3)33-29(37)21(4)34(17-22-8-10-23(30)11-9-22)28(36)18-35(26-15-24(31)14-25(32)16-26)40(38,39)27-12-6-19(2)7-13-27/h6-16,20-21H,5,17-18H2,1-4H3,(H,33,37)/t20-,21-/m0/s1. The van der Waals surface area contributed by atoms with Crippen LogP contribution < -0.4 is 9.62 Å². The number of nitrogens with zero attached hydrogens (tertiary/aromatic N) is 2. The number of nitrogens with one attached hydrogen (secondary N) is 1. The first-order valence-corrected chi connectivity index (χ1v) is 15.7. The van der Waals surface area contributed by atoms with Gasteiger partial charge < -0.3 is 10.2 Å². The van der Waals surface area contributed by atoms with E-state index in [-0.39, 0.29) is 39.1 Å². The van der Waals surface area contributed by atoms with Crippen molar-refractivity contribution in [2.24, 2.45) is 0 Å². The summed E-state index contributed by atoms with van der Waals surface area (Å²) >= 11 is 15.9. The Kier molecular flexibility index (Phi) is 11.1. The number of aryl methyl sites for hydroxylation is 1. The lowest BCUT2D eigenvalue weighted by Crippen LogP contribution is -2.52. The summed E-state index contributed by atoms with van der Waals surface area (Å²) < 4.78 is 29.6. The van der Waals surface area contributed by atoms with Crippen LogP contribution in [-0.2, 0) is 26.2 Å². The lowest BCUT2D eigenvalue weighted by atomic mass is 10.1. The molecular formula is C29H32BrCl2N3O4S. The van der Waals surface area contributed by atoms with Crippen LogP contribution in [0.15, 0.2) is 76.1 Å². The minimum Gasteiger partial charge on any atom is -0.352 e. The molecule has 11 heteroatoms. The first kappa shape index (κ1) is 31.9. The molecule has 0 saturated carbocycles. The Balaban J connectivity index is 2.05. The normalized spacial score (nSPS) is 12.9. The summed E-state index contributed by atoms with van der Waals surface area (Å²) in [5.41, 5.74) is 1.79. The highest BCUT2D eigenvalue weighted by atomic mass is 79.9. The van der Waals surface area contributed by atoms with Crippen molar-refractivity contribution in [3.8, 4) is 0 Å². The Hall–Kier alpha value is -2.59. The Morgan fingerprint density at radius 3 is 2.08 bits per heavy atom. The topological polar surface area (TPSA) is 86.8 Å². The molecule has 214 valence electrons. The second-order valence-corrected chi connectivity index (χ2v) is 13.2. The van der Waals surface area contributed by atoms with Gasteiger partial charge >= 0.3 is 0 Å². The number of carbonyl (C=O) groups excluding carboxylic acids is 2. The van der Waals surface area contributed by atoms with Crippen LogP contribution in [0.5, 0.6) is 0 Å². The number of rotatable bonds is 11. The largest absolute Gasteiger partial charge is 0.352 e. The van der Waals surface area contributed by atoms with Crippen LogP contribution in [0.1, 0.15) is 38.3 Å². The van der Waals surface area contributed by atoms with Gasteiger partial charge in [-0.3, -0.25) is 13.9 Å². The van der Waals surface area contributed by atoms with Crippen LogP contribution >= 0.6 is 39.1 Å². The molecule has 0 aromatic heterocycles. The van der Waals surface area contributed by atoms with Crippen LogP contribution in [0.4, 0.5) is 5.69 Å². The number of amides is 2. The van der Waals surface area contributed by atoms with Gasteiger partial charge in [-0.2, -0.15) is 0 Å². The zero-order chi connectivity index (χ0) is 29.6. The minimum absolute atomic E-state index is 0.00372. The third-order valence-electron chi connectivity index (χ3n) is 6.46. The zero-order valence-electron chi connectivity index (χ0n) is 22.7. The number of halogens is 3. The number of anilines is 1.